The maximum atomic E-state index is 5.82. The molecule has 0 aliphatic heterocycles. The lowest BCUT2D eigenvalue weighted by molar-refractivity contribution is 0.238. The second-order valence-electron chi connectivity index (χ2n) is 6.57. The molecule has 0 bridgehead atoms. The maximum Gasteiger partial charge on any atom is 0.119 e. The van der Waals surface area contributed by atoms with Gasteiger partial charge in [-0.05, 0) is 57.2 Å². The highest BCUT2D eigenvalue weighted by molar-refractivity contribution is 5.26. The van der Waals surface area contributed by atoms with Crippen LogP contribution in [0.4, 0.5) is 0 Å². The number of hydrogen-bond donors (Lipinski definition) is 1. The van der Waals surface area contributed by atoms with Crippen molar-refractivity contribution in [2.45, 2.75) is 52.5 Å². The lowest BCUT2D eigenvalue weighted by atomic mass is 9.82. The Morgan fingerprint density at radius 3 is 2.70 bits per heavy atom. The fourth-order valence-corrected chi connectivity index (χ4v) is 3.03. The quantitative estimate of drug-likeness (QED) is 0.841. The Labute approximate surface area is 123 Å². The van der Waals surface area contributed by atoms with Crippen molar-refractivity contribution >= 4 is 0 Å². The molecule has 1 aliphatic rings. The average Bonchev–Trinajstić information content (AvgIpc) is 2.45. The van der Waals surface area contributed by atoms with Crippen LogP contribution >= 0.6 is 0 Å². The smallest absolute Gasteiger partial charge is 0.119 e. The van der Waals surface area contributed by atoms with Crippen LogP contribution in [0.5, 0.6) is 5.75 Å². The number of nitrogens with one attached hydrogen (secondary N) is 1. The summed E-state index contributed by atoms with van der Waals surface area (Å²) in [7, 11) is 0. The summed E-state index contributed by atoms with van der Waals surface area (Å²) in [6.45, 7) is 8.57. The molecule has 1 fully saturated rings. The van der Waals surface area contributed by atoms with Gasteiger partial charge >= 0.3 is 0 Å². The molecule has 3 atom stereocenters. The van der Waals surface area contributed by atoms with Gasteiger partial charge in [0, 0.05) is 6.04 Å². The van der Waals surface area contributed by atoms with Gasteiger partial charge in [-0.1, -0.05) is 37.5 Å². The standard InChI is InChI=1S/C18H29NO/c1-14-7-9-18(10-8-14)20-13-16(3)19-12-17-6-4-5-15(2)11-17/h7-10,15-17,19H,4-6,11-13H2,1-3H3. The van der Waals surface area contributed by atoms with E-state index in [0.29, 0.717) is 6.04 Å². The molecule has 1 aromatic rings. The molecule has 20 heavy (non-hydrogen) atoms. The largest absolute Gasteiger partial charge is 0.492 e. The molecule has 1 N–H and O–H groups in total. The van der Waals surface area contributed by atoms with Gasteiger partial charge in [-0.3, -0.25) is 0 Å². The fourth-order valence-electron chi connectivity index (χ4n) is 3.03. The van der Waals surface area contributed by atoms with Gasteiger partial charge in [0.25, 0.3) is 0 Å². The molecule has 0 aromatic heterocycles. The van der Waals surface area contributed by atoms with Gasteiger partial charge in [0.2, 0.25) is 0 Å². The van der Waals surface area contributed by atoms with Crippen molar-refractivity contribution < 1.29 is 4.74 Å². The summed E-state index contributed by atoms with van der Waals surface area (Å²) in [6, 6.07) is 8.69. The third-order valence-corrected chi connectivity index (χ3v) is 4.32. The van der Waals surface area contributed by atoms with Crippen LogP contribution in [0, 0.1) is 18.8 Å². The van der Waals surface area contributed by atoms with Crippen LogP contribution in [0.1, 0.15) is 45.1 Å². The Balaban J connectivity index is 1.65. The van der Waals surface area contributed by atoms with Gasteiger partial charge in [0.1, 0.15) is 12.4 Å². The summed E-state index contributed by atoms with van der Waals surface area (Å²) in [4.78, 5) is 0. The summed E-state index contributed by atoms with van der Waals surface area (Å²) in [5, 5.41) is 3.63. The van der Waals surface area contributed by atoms with Gasteiger partial charge in [0.15, 0.2) is 0 Å². The van der Waals surface area contributed by atoms with E-state index < -0.39 is 0 Å². The van der Waals surface area contributed by atoms with E-state index in [1.807, 2.05) is 12.1 Å². The Kier molecular flexibility index (Phi) is 5.90. The molecule has 2 heteroatoms. The first-order valence-electron chi connectivity index (χ1n) is 8.06. The predicted molar refractivity (Wildman–Crippen MR) is 85.3 cm³/mol. The monoisotopic (exact) mass is 275 g/mol. The zero-order chi connectivity index (χ0) is 14.4. The van der Waals surface area contributed by atoms with Crippen molar-refractivity contribution in [2.24, 2.45) is 11.8 Å². The van der Waals surface area contributed by atoms with Crippen LogP contribution in [-0.4, -0.2) is 19.2 Å². The van der Waals surface area contributed by atoms with E-state index in [1.165, 1.54) is 31.2 Å². The minimum atomic E-state index is 0.411. The Hall–Kier alpha value is -1.02. The summed E-state index contributed by atoms with van der Waals surface area (Å²) >= 11 is 0. The number of benzene rings is 1. The molecule has 0 amide bonds. The highest BCUT2D eigenvalue weighted by Crippen LogP contribution is 2.27. The summed E-state index contributed by atoms with van der Waals surface area (Å²) < 4.78 is 5.82. The van der Waals surface area contributed by atoms with Gasteiger partial charge in [-0.2, -0.15) is 0 Å². The van der Waals surface area contributed by atoms with Crippen molar-refractivity contribution in [2.75, 3.05) is 13.2 Å². The van der Waals surface area contributed by atoms with Gasteiger partial charge in [-0.25, -0.2) is 0 Å². The molecule has 2 rings (SSSR count). The van der Waals surface area contributed by atoms with Crippen LogP contribution in [0.3, 0.4) is 0 Å². The van der Waals surface area contributed by atoms with Gasteiger partial charge < -0.3 is 10.1 Å². The molecule has 1 saturated carbocycles. The molecule has 112 valence electrons. The summed E-state index contributed by atoms with van der Waals surface area (Å²) in [5.74, 6) is 2.74. The third-order valence-electron chi connectivity index (χ3n) is 4.32. The molecule has 1 aliphatic carbocycles. The van der Waals surface area contributed by atoms with Crippen LogP contribution in [0.2, 0.25) is 0 Å². The zero-order valence-corrected chi connectivity index (χ0v) is 13.2. The zero-order valence-electron chi connectivity index (χ0n) is 13.2. The van der Waals surface area contributed by atoms with E-state index in [1.54, 1.807) is 0 Å². The van der Waals surface area contributed by atoms with E-state index in [-0.39, 0.29) is 0 Å². The molecule has 1 aromatic carbocycles. The van der Waals surface area contributed by atoms with E-state index >= 15 is 0 Å². The van der Waals surface area contributed by atoms with E-state index in [9.17, 15) is 0 Å². The topological polar surface area (TPSA) is 21.3 Å². The molecular weight excluding hydrogens is 246 g/mol. The molecule has 0 radical (unpaired) electrons. The first-order valence-corrected chi connectivity index (χ1v) is 8.06. The van der Waals surface area contributed by atoms with E-state index in [2.05, 4.69) is 38.2 Å². The van der Waals surface area contributed by atoms with E-state index in [0.717, 1.165) is 30.7 Å². The van der Waals surface area contributed by atoms with Crippen molar-refractivity contribution in [3.63, 3.8) is 0 Å². The van der Waals surface area contributed by atoms with Crippen molar-refractivity contribution in [3.8, 4) is 5.75 Å². The van der Waals surface area contributed by atoms with Crippen LogP contribution in [0.15, 0.2) is 24.3 Å². The highest BCUT2D eigenvalue weighted by atomic mass is 16.5. The Morgan fingerprint density at radius 2 is 2.00 bits per heavy atom. The number of aryl methyl sites for hydroxylation is 1. The maximum absolute atomic E-state index is 5.82. The van der Waals surface area contributed by atoms with E-state index in [4.69, 9.17) is 4.74 Å². The predicted octanol–water partition coefficient (Wildman–Crippen LogP) is 4.18. The lowest BCUT2D eigenvalue weighted by Crippen LogP contribution is -2.36. The number of ether oxygens (including phenoxy) is 1. The first kappa shape index (κ1) is 15.4. The van der Waals surface area contributed by atoms with Crippen LogP contribution in [-0.2, 0) is 0 Å². The second-order valence-corrected chi connectivity index (χ2v) is 6.57. The molecule has 0 spiro atoms. The fraction of sp³-hybridized carbons (Fsp3) is 0.667. The number of hydrogen-bond acceptors (Lipinski definition) is 2. The minimum Gasteiger partial charge on any atom is -0.492 e. The SMILES string of the molecule is Cc1ccc(OCC(C)NCC2CCCC(C)C2)cc1. The molecule has 0 saturated heterocycles. The average molecular weight is 275 g/mol. The molecular formula is C18H29NO. The van der Waals surface area contributed by atoms with Crippen LogP contribution < -0.4 is 10.1 Å². The molecule has 3 unspecified atom stereocenters. The molecule has 2 nitrogen and oxygen atoms in total. The Bertz CT molecular complexity index is 387. The van der Waals surface area contributed by atoms with Crippen LogP contribution in [0.25, 0.3) is 0 Å². The molecule has 0 heterocycles. The lowest BCUT2D eigenvalue weighted by Gasteiger charge is -2.28. The van der Waals surface area contributed by atoms with Crippen molar-refractivity contribution in [3.05, 3.63) is 29.8 Å². The normalized spacial score (nSPS) is 24.4. The van der Waals surface area contributed by atoms with Gasteiger partial charge in [0.05, 0.1) is 0 Å². The minimum absolute atomic E-state index is 0.411. The summed E-state index contributed by atoms with van der Waals surface area (Å²) in [6.07, 6.45) is 5.60. The number of rotatable bonds is 6. The van der Waals surface area contributed by atoms with Gasteiger partial charge in [-0.15, -0.1) is 0 Å². The Morgan fingerprint density at radius 1 is 1.25 bits per heavy atom. The first-order chi connectivity index (χ1) is 9.63. The van der Waals surface area contributed by atoms with Crippen molar-refractivity contribution in [1.82, 2.24) is 5.32 Å². The second kappa shape index (κ2) is 7.68. The highest BCUT2D eigenvalue weighted by Gasteiger charge is 2.19. The third kappa shape index (κ3) is 5.16. The summed E-state index contributed by atoms with van der Waals surface area (Å²) in [5.41, 5.74) is 1.27. The van der Waals surface area contributed by atoms with Crippen molar-refractivity contribution in [1.29, 1.82) is 0 Å².